The summed E-state index contributed by atoms with van der Waals surface area (Å²) in [6.45, 7) is 1.57. The van der Waals surface area contributed by atoms with Crippen LogP contribution in [0.3, 0.4) is 0 Å². The van der Waals surface area contributed by atoms with Crippen molar-refractivity contribution in [3.8, 4) is 0 Å². The number of hydrogen-bond donors (Lipinski definition) is 1. The lowest BCUT2D eigenvalue weighted by atomic mass is 10.1. The molecule has 0 aromatic heterocycles. The fourth-order valence-electron chi connectivity index (χ4n) is 2.58. The largest absolute Gasteiger partial charge is 0.315 e. The van der Waals surface area contributed by atoms with Gasteiger partial charge in [0.15, 0.2) is 9.84 Å². The third-order valence-electron chi connectivity index (χ3n) is 3.80. The van der Waals surface area contributed by atoms with E-state index in [1.807, 2.05) is 0 Å². The van der Waals surface area contributed by atoms with Gasteiger partial charge in [-0.05, 0) is 25.8 Å². The van der Waals surface area contributed by atoms with Crippen LogP contribution in [0.15, 0.2) is 0 Å². The van der Waals surface area contributed by atoms with Gasteiger partial charge < -0.3 is 5.32 Å². The normalized spacial score (nSPS) is 32.8. The lowest BCUT2D eigenvalue weighted by Crippen LogP contribution is -2.49. The summed E-state index contributed by atoms with van der Waals surface area (Å²) in [6, 6.07) is -0.0490. The number of nitrogens with one attached hydrogen (secondary N) is 1. The molecule has 0 radical (unpaired) electrons. The van der Waals surface area contributed by atoms with E-state index in [2.05, 4.69) is 5.32 Å². The molecular formula is C10H20N2O4S2. The highest BCUT2D eigenvalue weighted by atomic mass is 32.2. The third kappa shape index (κ3) is 2.87. The summed E-state index contributed by atoms with van der Waals surface area (Å²) in [5, 5.41) is 2.42. The van der Waals surface area contributed by atoms with Crippen molar-refractivity contribution >= 4 is 19.9 Å². The van der Waals surface area contributed by atoms with Gasteiger partial charge >= 0.3 is 0 Å². The fraction of sp³-hybridized carbons (Fsp3) is 1.00. The number of piperidine rings is 1. The van der Waals surface area contributed by atoms with Crippen LogP contribution < -0.4 is 5.32 Å². The summed E-state index contributed by atoms with van der Waals surface area (Å²) in [6.07, 6.45) is 2.02. The highest BCUT2D eigenvalue weighted by Gasteiger charge is 2.41. The van der Waals surface area contributed by atoms with Gasteiger partial charge in [0, 0.05) is 19.6 Å². The van der Waals surface area contributed by atoms with E-state index < -0.39 is 25.1 Å². The fourth-order valence-corrected chi connectivity index (χ4v) is 7.07. The number of rotatable bonds is 3. The van der Waals surface area contributed by atoms with Crippen LogP contribution in [0.2, 0.25) is 0 Å². The summed E-state index contributed by atoms with van der Waals surface area (Å²) in [7, 11) is -5.09. The van der Waals surface area contributed by atoms with E-state index in [9.17, 15) is 16.8 Å². The molecule has 0 aliphatic carbocycles. The molecule has 0 spiro atoms. The van der Waals surface area contributed by atoms with Crippen LogP contribution in [0.4, 0.5) is 0 Å². The molecule has 6 nitrogen and oxygen atoms in total. The Morgan fingerprint density at radius 3 is 2.50 bits per heavy atom. The molecule has 0 amide bonds. The van der Waals surface area contributed by atoms with Crippen molar-refractivity contribution in [2.75, 3.05) is 31.6 Å². The molecule has 2 aliphatic rings. The molecule has 0 bridgehead atoms. The predicted octanol–water partition coefficient (Wildman–Crippen LogP) is -0.813. The van der Waals surface area contributed by atoms with Gasteiger partial charge in [0.25, 0.3) is 0 Å². The minimum Gasteiger partial charge on any atom is -0.315 e. The van der Waals surface area contributed by atoms with Gasteiger partial charge in [0.1, 0.15) is 0 Å². The van der Waals surface area contributed by atoms with Gasteiger partial charge in [-0.15, -0.1) is 0 Å². The summed E-state index contributed by atoms with van der Waals surface area (Å²) < 4.78 is 48.9. The van der Waals surface area contributed by atoms with Crippen molar-refractivity contribution in [1.82, 2.24) is 9.62 Å². The first-order chi connectivity index (χ1) is 8.33. The molecule has 2 fully saturated rings. The standard InChI is InChI=1S/C10H20N2O4S2/c1-12(9-3-2-5-11-7-9)18(15,16)10-4-6-17(13,14)8-10/h9-11H,2-8H2,1H3. The van der Waals surface area contributed by atoms with E-state index in [1.165, 1.54) is 4.31 Å². The monoisotopic (exact) mass is 296 g/mol. The van der Waals surface area contributed by atoms with Crippen LogP contribution in [0, 0.1) is 0 Å². The molecule has 1 N–H and O–H groups in total. The Hall–Kier alpha value is -0.180. The van der Waals surface area contributed by atoms with Crippen LogP contribution >= 0.6 is 0 Å². The zero-order chi connectivity index (χ0) is 13.4. The van der Waals surface area contributed by atoms with Gasteiger partial charge in [0.05, 0.1) is 16.8 Å². The Kier molecular flexibility index (Phi) is 4.01. The molecule has 18 heavy (non-hydrogen) atoms. The molecule has 2 unspecified atom stereocenters. The van der Waals surface area contributed by atoms with E-state index in [0.29, 0.717) is 6.54 Å². The number of hydrogen-bond acceptors (Lipinski definition) is 5. The minimum atomic E-state index is -3.50. The number of sulfonamides is 1. The van der Waals surface area contributed by atoms with Crippen LogP contribution in [0.5, 0.6) is 0 Å². The zero-order valence-corrected chi connectivity index (χ0v) is 12.1. The predicted molar refractivity (Wildman–Crippen MR) is 69.6 cm³/mol. The maximum atomic E-state index is 12.4. The van der Waals surface area contributed by atoms with Crippen LogP contribution in [0.1, 0.15) is 19.3 Å². The maximum absolute atomic E-state index is 12.4. The van der Waals surface area contributed by atoms with Gasteiger partial charge in [-0.2, -0.15) is 0 Å². The Labute approximate surface area is 109 Å². The van der Waals surface area contributed by atoms with Crippen molar-refractivity contribution in [2.24, 2.45) is 0 Å². The highest BCUT2D eigenvalue weighted by Crippen LogP contribution is 2.24. The van der Waals surface area contributed by atoms with Crippen molar-refractivity contribution in [3.63, 3.8) is 0 Å². The van der Waals surface area contributed by atoms with Crippen LogP contribution in [-0.2, 0) is 19.9 Å². The molecule has 0 aromatic rings. The third-order valence-corrected chi connectivity index (χ3v) is 8.12. The van der Waals surface area contributed by atoms with E-state index in [4.69, 9.17) is 0 Å². The molecule has 8 heteroatoms. The van der Waals surface area contributed by atoms with E-state index in [1.54, 1.807) is 7.05 Å². The Morgan fingerprint density at radius 2 is 2.00 bits per heavy atom. The summed E-state index contributed by atoms with van der Waals surface area (Å²) >= 11 is 0. The molecule has 2 heterocycles. The molecule has 2 atom stereocenters. The molecule has 2 saturated heterocycles. The minimum absolute atomic E-state index is 0.00630. The second-order valence-corrected chi connectivity index (χ2v) is 9.59. The van der Waals surface area contributed by atoms with E-state index in [0.717, 1.165) is 19.4 Å². The number of likely N-dealkylation sites (N-methyl/N-ethyl adjacent to an activating group) is 1. The van der Waals surface area contributed by atoms with Crippen molar-refractivity contribution in [1.29, 1.82) is 0 Å². The first kappa shape index (κ1) is 14.2. The average molecular weight is 296 g/mol. The quantitative estimate of drug-likeness (QED) is 0.736. The molecular weight excluding hydrogens is 276 g/mol. The Balaban J connectivity index is 2.10. The molecule has 2 aliphatic heterocycles. The molecule has 0 saturated carbocycles. The lowest BCUT2D eigenvalue weighted by molar-refractivity contribution is 0.298. The molecule has 2 rings (SSSR count). The van der Waals surface area contributed by atoms with Gasteiger partial charge in [-0.1, -0.05) is 0 Å². The van der Waals surface area contributed by atoms with Gasteiger partial charge in [0.2, 0.25) is 10.0 Å². The second kappa shape index (κ2) is 5.07. The van der Waals surface area contributed by atoms with Crippen LogP contribution in [0.25, 0.3) is 0 Å². The second-order valence-electron chi connectivity index (χ2n) is 5.09. The van der Waals surface area contributed by atoms with Crippen LogP contribution in [-0.4, -0.2) is 64.1 Å². The van der Waals surface area contributed by atoms with Crippen molar-refractivity contribution < 1.29 is 16.8 Å². The van der Waals surface area contributed by atoms with Crippen molar-refractivity contribution in [3.05, 3.63) is 0 Å². The maximum Gasteiger partial charge on any atom is 0.218 e. The molecule has 0 aromatic carbocycles. The first-order valence-corrected chi connectivity index (χ1v) is 9.53. The SMILES string of the molecule is CN(C1CCCNC1)S(=O)(=O)C1CCS(=O)(=O)C1. The highest BCUT2D eigenvalue weighted by molar-refractivity contribution is 7.95. The first-order valence-electron chi connectivity index (χ1n) is 6.21. The van der Waals surface area contributed by atoms with E-state index in [-0.39, 0.29) is 24.0 Å². The van der Waals surface area contributed by atoms with Gasteiger partial charge in [-0.25, -0.2) is 21.1 Å². The zero-order valence-electron chi connectivity index (χ0n) is 10.5. The molecule has 106 valence electrons. The van der Waals surface area contributed by atoms with E-state index >= 15 is 0 Å². The summed E-state index contributed by atoms with van der Waals surface area (Å²) in [5.74, 6) is -0.229. The smallest absolute Gasteiger partial charge is 0.218 e. The Bertz CT molecular complexity index is 494. The Morgan fingerprint density at radius 1 is 1.28 bits per heavy atom. The number of nitrogens with zero attached hydrogens (tertiary/aromatic N) is 1. The summed E-state index contributed by atoms with van der Waals surface area (Å²) in [5.41, 5.74) is 0. The lowest BCUT2D eigenvalue weighted by Gasteiger charge is -2.32. The van der Waals surface area contributed by atoms with Crippen molar-refractivity contribution in [2.45, 2.75) is 30.6 Å². The average Bonchev–Trinajstić information content (AvgIpc) is 2.70. The number of sulfone groups is 1. The topological polar surface area (TPSA) is 83.6 Å². The summed E-state index contributed by atoms with van der Waals surface area (Å²) in [4.78, 5) is 0. The van der Waals surface area contributed by atoms with Gasteiger partial charge in [-0.3, -0.25) is 0 Å².